The molecule has 4 heteroatoms. The highest BCUT2D eigenvalue weighted by molar-refractivity contribution is 6.14. The Hall–Kier alpha value is -0.280. The summed E-state index contributed by atoms with van der Waals surface area (Å²) in [6.45, 7) is 12.1. The van der Waals surface area contributed by atoms with E-state index >= 15 is 0 Å². The second-order valence-electron chi connectivity index (χ2n) is 6.68. The molecule has 0 saturated carbocycles. The van der Waals surface area contributed by atoms with E-state index < -0.39 is 5.41 Å². The molecule has 0 N–H and O–H groups in total. The van der Waals surface area contributed by atoms with E-state index in [9.17, 15) is 4.79 Å². The molecule has 0 amide bonds. The molecule has 0 aliphatic carbocycles. The number of carbonyl (C=O) groups excluding carboxylic acids is 1. The molecule has 0 bridgehead atoms. The summed E-state index contributed by atoms with van der Waals surface area (Å²) < 4.78 is 7.53. The van der Waals surface area contributed by atoms with Crippen LogP contribution in [0.15, 0.2) is 0 Å². The Morgan fingerprint density at radius 1 is 1.50 bits per heavy atom. The van der Waals surface area contributed by atoms with Gasteiger partial charge in [0.15, 0.2) is 0 Å². The van der Waals surface area contributed by atoms with E-state index in [2.05, 4.69) is 20.8 Å². The maximum Gasteiger partial charge on any atom is 0.311 e. The highest BCUT2D eigenvalue weighted by atomic mass is 35.5. The van der Waals surface area contributed by atoms with Crippen LogP contribution in [0.4, 0.5) is 0 Å². The predicted molar refractivity (Wildman–Crippen MR) is 74.4 cm³/mol. The van der Waals surface area contributed by atoms with Crippen LogP contribution in [0, 0.1) is 5.41 Å². The van der Waals surface area contributed by atoms with E-state index in [-0.39, 0.29) is 23.7 Å². The number of carbonyl (C=O) groups is 1. The van der Waals surface area contributed by atoms with Crippen molar-refractivity contribution in [3.05, 3.63) is 0 Å². The summed E-state index contributed by atoms with van der Waals surface area (Å²) in [4.78, 5) is 12.1. The Morgan fingerprint density at radius 2 is 2.06 bits per heavy atom. The van der Waals surface area contributed by atoms with Crippen molar-refractivity contribution in [3.8, 4) is 0 Å². The summed E-state index contributed by atoms with van der Waals surface area (Å²) in [5, 5.41) is 0. The fraction of sp³-hybridized carbons (Fsp3) is 0.929. The minimum atomic E-state index is -0.397. The zero-order chi connectivity index (χ0) is 14.1. The van der Waals surface area contributed by atoms with E-state index in [4.69, 9.17) is 16.5 Å². The van der Waals surface area contributed by atoms with Crippen molar-refractivity contribution in [1.29, 1.82) is 0 Å². The first-order chi connectivity index (χ1) is 8.10. The minimum absolute atomic E-state index is 0.0247. The van der Waals surface area contributed by atoms with Gasteiger partial charge in [-0.15, -0.1) is 0 Å². The lowest BCUT2D eigenvalue weighted by molar-refractivity contribution is -0.164. The molecule has 1 saturated heterocycles. The summed E-state index contributed by atoms with van der Waals surface area (Å²) in [6, 6.07) is 0.220. The van der Waals surface area contributed by atoms with Crippen LogP contribution < -0.4 is 0 Å². The van der Waals surface area contributed by atoms with E-state index in [1.165, 1.54) is 0 Å². The molecule has 1 rings (SSSR count). The van der Waals surface area contributed by atoms with Crippen LogP contribution in [0.25, 0.3) is 0 Å². The maximum atomic E-state index is 12.1. The molecular formula is C14H26ClNO2. The first-order valence-electron chi connectivity index (χ1n) is 6.76. The fourth-order valence-corrected chi connectivity index (χ4v) is 2.49. The van der Waals surface area contributed by atoms with Crippen molar-refractivity contribution >= 4 is 17.7 Å². The first kappa shape index (κ1) is 15.8. The SMILES string of the molecule is CCC(C)(C)C(=O)OC1CC(C)N(Cl)C(C)(C)C1. The Balaban J connectivity index is 2.67. The van der Waals surface area contributed by atoms with Gasteiger partial charge in [-0.3, -0.25) is 4.79 Å². The Bertz CT molecular complexity index is 315. The third-order valence-corrected chi connectivity index (χ3v) is 4.80. The maximum absolute atomic E-state index is 12.1. The van der Waals surface area contributed by atoms with Crippen LogP contribution in [-0.2, 0) is 9.53 Å². The molecule has 0 aromatic heterocycles. The number of ether oxygens (including phenoxy) is 1. The van der Waals surface area contributed by atoms with Crippen LogP contribution in [0.5, 0.6) is 0 Å². The van der Waals surface area contributed by atoms with Gasteiger partial charge < -0.3 is 4.74 Å². The Labute approximate surface area is 116 Å². The molecule has 1 heterocycles. The van der Waals surface area contributed by atoms with Crippen LogP contribution in [0.1, 0.15) is 60.8 Å². The molecule has 1 aliphatic rings. The number of hydrogen-bond acceptors (Lipinski definition) is 3. The molecule has 0 aromatic carbocycles. The van der Waals surface area contributed by atoms with Crippen molar-refractivity contribution in [2.24, 2.45) is 5.41 Å². The number of esters is 1. The zero-order valence-electron chi connectivity index (χ0n) is 12.4. The highest BCUT2D eigenvalue weighted by Gasteiger charge is 2.41. The highest BCUT2D eigenvalue weighted by Crippen LogP contribution is 2.35. The smallest absolute Gasteiger partial charge is 0.311 e. The number of hydrogen-bond donors (Lipinski definition) is 0. The summed E-state index contributed by atoms with van der Waals surface area (Å²) in [5.74, 6) is -0.0963. The largest absolute Gasteiger partial charge is 0.462 e. The van der Waals surface area contributed by atoms with Gasteiger partial charge in [-0.2, -0.15) is 0 Å². The van der Waals surface area contributed by atoms with Gasteiger partial charge in [0.1, 0.15) is 6.10 Å². The summed E-state index contributed by atoms with van der Waals surface area (Å²) in [7, 11) is 0. The summed E-state index contributed by atoms with van der Waals surface area (Å²) >= 11 is 6.27. The molecule has 2 atom stereocenters. The normalized spacial score (nSPS) is 29.1. The number of rotatable bonds is 3. The molecule has 0 spiro atoms. The fourth-order valence-electron chi connectivity index (χ4n) is 2.34. The van der Waals surface area contributed by atoms with Gasteiger partial charge >= 0.3 is 5.97 Å². The van der Waals surface area contributed by atoms with E-state index in [0.717, 1.165) is 19.3 Å². The second-order valence-corrected chi connectivity index (χ2v) is 7.04. The predicted octanol–water partition coefficient (Wildman–Crippen LogP) is 3.75. The third kappa shape index (κ3) is 3.39. The van der Waals surface area contributed by atoms with Crippen LogP contribution in [0.3, 0.4) is 0 Å². The Morgan fingerprint density at radius 3 is 2.50 bits per heavy atom. The van der Waals surface area contributed by atoms with Crippen LogP contribution in [0.2, 0.25) is 0 Å². The monoisotopic (exact) mass is 275 g/mol. The van der Waals surface area contributed by atoms with Gasteiger partial charge in [-0.25, -0.2) is 4.42 Å². The molecule has 1 fully saturated rings. The lowest BCUT2D eigenvalue weighted by Crippen LogP contribution is -2.52. The van der Waals surface area contributed by atoms with Gasteiger partial charge in [-0.1, -0.05) is 6.92 Å². The molecular weight excluding hydrogens is 250 g/mol. The average molecular weight is 276 g/mol. The van der Waals surface area contributed by atoms with Gasteiger partial charge in [0.25, 0.3) is 0 Å². The van der Waals surface area contributed by atoms with E-state index in [1.807, 2.05) is 25.2 Å². The van der Waals surface area contributed by atoms with Crippen molar-refractivity contribution in [2.45, 2.75) is 78.5 Å². The molecule has 106 valence electrons. The minimum Gasteiger partial charge on any atom is -0.462 e. The van der Waals surface area contributed by atoms with E-state index in [1.54, 1.807) is 0 Å². The molecule has 2 unspecified atom stereocenters. The van der Waals surface area contributed by atoms with Crippen molar-refractivity contribution in [2.75, 3.05) is 0 Å². The summed E-state index contributed by atoms with van der Waals surface area (Å²) in [5.41, 5.74) is -0.536. The van der Waals surface area contributed by atoms with Crippen molar-refractivity contribution in [1.82, 2.24) is 4.42 Å². The van der Waals surface area contributed by atoms with Crippen LogP contribution >= 0.6 is 11.8 Å². The molecule has 1 aliphatic heterocycles. The Kier molecular flexibility index (Phi) is 4.71. The molecule has 0 radical (unpaired) electrons. The summed E-state index contributed by atoms with van der Waals surface area (Å²) in [6.07, 6.45) is 2.35. The van der Waals surface area contributed by atoms with Crippen molar-refractivity contribution < 1.29 is 9.53 Å². The zero-order valence-corrected chi connectivity index (χ0v) is 13.2. The molecule has 18 heavy (non-hydrogen) atoms. The van der Waals surface area contributed by atoms with E-state index in [0.29, 0.717) is 0 Å². The lowest BCUT2D eigenvalue weighted by Gasteiger charge is -2.45. The number of piperidine rings is 1. The van der Waals surface area contributed by atoms with Gasteiger partial charge in [0.2, 0.25) is 0 Å². The lowest BCUT2D eigenvalue weighted by atomic mass is 9.86. The van der Waals surface area contributed by atoms with Gasteiger partial charge in [-0.05, 0) is 52.8 Å². The van der Waals surface area contributed by atoms with Crippen LogP contribution in [-0.4, -0.2) is 28.1 Å². The third-order valence-electron chi connectivity index (χ3n) is 4.01. The van der Waals surface area contributed by atoms with Gasteiger partial charge in [0, 0.05) is 24.4 Å². The average Bonchev–Trinajstić information content (AvgIpc) is 2.25. The quantitative estimate of drug-likeness (QED) is 0.580. The number of nitrogens with zero attached hydrogens (tertiary/aromatic N) is 1. The van der Waals surface area contributed by atoms with Gasteiger partial charge in [0.05, 0.1) is 5.41 Å². The first-order valence-corrected chi connectivity index (χ1v) is 7.10. The molecule has 3 nitrogen and oxygen atoms in total. The second kappa shape index (κ2) is 5.38. The number of halogens is 1. The molecule has 0 aromatic rings. The standard InChI is InChI=1S/C14H26ClNO2/c1-7-13(3,4)12(17)18-11-8-10(2)16(15)14(5,6)9-11/h10-11H,7-9H2,1-6H3. The van der Waals surface area contributed by atoms with Crippen molar-refractivity contribution in [3.63, 3.8) is 0 Å². The topological polar surface area (TPSA) is 29.5 Å².